The van der Waals surface area contributed by atoms with Crippen molar-refractivity contribution in [3.05, 3.63) is 54.2 Å². The summed E-state index contributed by atoms with van der Waals surface area (Å²) in [5.74, 6) is 1.68. The number of hydrogen-bond acceptors (Lipinski definition) is 5. The van der Waals surface area contributed by atoms with E-state index in [2.05, 4.69) is 16.2 Å². The number of fused-ring (bicyclic) bond motifs is 1. The summed E-state index contributed by atoms with van der Waals surface area (Å²) in [7, 11) is 0. The molecule has 0 saturated heterocycles. The molecule has 0 radical (unpaired) electrons. The summed E-state index contributed by atoms with van der Waals surface area (Å²) in [6, 6.07) is 13.8. The predicted molar refractivity (Wildman–Crippen MR) is 75.2 cm³/mol. The first-order valence-corrected chi connectivity index (χ1v) is 6.42. The molecule has 3 aromatic rings. The van der Waals surface area contributed by atoms with Gasteiger partial charge in [0.25, 0.3) is 0 Å². The van der Waals surface area contributed by atoms with Crippen molar-refractivity contribution >= 4 is 10.8 Å². The summed E-state index contributed by atoms with van der Waals surface area (Å²) in [6.07, 6.45) is 0. The SMILES string of the molecule is CC(N)c1nc(COc2ccc3ccccc3c2)no1. The Hall–Kier alpha value is -2.40. The van der Waals surface area contributed by atoms with Crippen LogP contribution < -0.4 is 10.5 Å². The summed E-state index contributed by atoms with van der Waals surface area (Å²) in [6.45, 7) is 2.05. The molecule has 0 aliphatic heterocycles. The van der Waals surface area contributed by atoms with Crippen molar-refractivity contribution in [2.75, 3.05) is 0 Å². The smallest absolute Gasteiger partial charge is 0.243 e. The van der Waals surface area contributed by atoms with Crippen LogP contribution in [0.3, 0.4) is 0 Å². The van der Waals surface area contributed by atoms with Gasteiger partial charge in [0.15, 0.2) is 6.61 Å². The van der Waals surface area contributed by atoms with E-state index in [1.807, 2.05) is 36.4 Å². The van der Waals surface area contributed by atoms with Crippen LogP contribution in [0.2, 0.25) is 0 Å². The molecule has 102 valence electrons. The van der Waals surface area contributed by atoms with E-state index in [4.69, 9.17) is 15.0 Å². The van der Waals surface area contributed by atoms with E-state index in [-0.39, 0.29) is 12.6 Å². The lowest BCUT2D eigenvalue weighted by molar-refractivity contribution is 0.284. The number of hydrogen-bond donors (Lipinski definition) is 1. The lowest BCUT2D eigenvalue weighted by Gasteiger charge is -2.04. The fourth-order valence-corrected chi connectivity index (χ4v) is 1.92. The lowest BCUT2D eigenvalue weighted by atomic mass is 10.1. The molecular weight excluding hydrogens is 254 g/mol. The van der Waals surface area contributed by atoms with Gasteiger partial charge in [0.1, 0.15) is 5.75 Å². The Balaban J connectivity index is 1.72. The van der Waals surface area contributed by atoms with Crippen LogP contribution in [0.25, 0.3) is 10.8 Å². The van der Waals surface area contributed by atoms with Crippen molar-refractivity contribution in [3.63, 3.8) is 0 Å². The zero-order valence-corrected chi connectivity index (χ0v) is 11.1. The number of rotatable bonds is 4. The zero-order chi connectivity index (χ0) is 13.9. The molecule has 5 nitrogen and oxygen atoms in total. The van der Waals surface area contributed by atoms with Crippen molar-refractivity contribution in [1.29, 1.82) is 0 Å². The Bertz CT molecular complexity index is 722. The van der Waals surface area contributed by atoms with E-state index in [0.29, 0.717) is 11.7 Å². The van der Waals surface area contributed by atoms with Gasteiger partial charge in [-0.3, -0.25) is 0 Å². The minimum atomic E-state index is -0.267. The van der Waals surface area contributed by atoms with E-state index in [9.17, 15) is 0 Å². The van der Waals surface area contributed by atoms with Crippen LogP contribution in [0.1, 0.15) is 24.7 Å². The molecule has 2 N–H and O–H groups in total. The van der Waals surface area contributed by atoms with Gasteiger partial charge >= 0.3 is 0 Å². The fraction of sp³-hybridized carbons (Fsp3) is 0.200. The molecule has 0 saturated carbocycles. The summed E-state index contributed by atoms with van der Waals surface area (Å²) in [4.78, 5) is 4.16. The van der Waals surface area contributed by atoms with E-state index in [1.54, 1.807) is 6.92 Å². The number of benzene rings is 2. The van der Waals surface area contributed by atoms with Crippen LogP contribution >= 0.6 is 0 Å². The Morgan fingerprint density at radius 2 is 2.00 bits per heavy atom. The van der Waals surface area contributed by atoms with Gasteiger partial charge in [0.05, 0.1) is 6.04 Å². The highest BCUT2D eigenvalue weighted by Gasteiger charge is 2.10. The summed E-state index contributed by atoms with van der Waals surface area (Å²) >= 11 is 0. The molecule has 20 heavy (non-hydrogen) atoms. The standard InChI is InChI=1S/C15H15N3O2/c1-10(16)15-17-14(18-20-15)9-19-13-7-6-11-4-2-3-5-12(11)8-13/h2-8,10H,9,16H2,1H3. The van der Waals surface area contributed by atoms with Crippen LogP contribution in [0.15, 0.2) is 47.0 Å². The molecule has 2 aromatic carbocycles. The third-order valence-electron chi connectivity index (χ3n) is 2.96. The molecule has 1 atom stereocenters. The predicted octanol–water partition coefficient (Wildman–Crippen LogP) is 2.82. The second kappa shape index (κ2) is 5.30. The minimum absolute atomic E-state index is 0.258. The highest BCUT2D eigenvalue weighted by atomic mass is 16.5. The van der Waals surface area contributed by atoms with Crippen LogP contribution in [-0.2, 0) is 6.61 Å². The molecule has 0 bridgehead atoms. The van der Waals surface area contributed by atoms with Crippen molar-refractivity contribution < 1.29 is 9.26 Å². The molecule has 5 heteroatoms. The molecule has 0 spiro atoms. The van der Waals surface area contributed by atoms with Crippen LogP contribution in [0.5, 0.6) is 5.75 Å². The maximum Gasteiger partial charge on any atom is 0.243 e. The number of aromatic nitrogens is 2. The Morgan fingerprint density at radius 3 is 2.75 bits per heavy atom. The molecule has 0 aliphatic carbocycles. The van der Waals surface area contributed by atoms with Gasteiger partial charge in [0.2, 0.25) is 11.7 Å². The zero-order valence-electron chi connectivity index (χ0n) is 11.1. The third-order valence-corrected chi connectivity index (χ3v) is 2.96. The molecule has 0 aliphatic rings. The van der Waals surface area contributed by atoms with Gasteiger partial charge in [-0.1, -0.05) is 35.5 Å². The first kappa shape index (κ1) is 12.6. The number of ether oxygens (including phenoxy) is 1. The fourth-order valence-electron chi connectivity index (χ4n) is 1.92. The molecular formula is C15H15N3O2. The Kier molecular flexibility index (Phi) is 3.35. The largest absolute Gasteiger partial charge is 0.485 e. The van der Waals surface area contributed by atoms with Crippen LogP contribution in [0, 0.1) is 0 Å². The average molecular weight is 269 g/mol. The van der Waals surface area contributed by atoms with Crippen molar-refractivity contribution in [1.82, 2.24) is 10.1 Å². The van der Waals surface area contributed by atoms with Gasteiger partial charge in [0, 0.05) is 0 Å². The van der Waals surface area contributed by atoms with Gasteiger partial charge < -0.3 is 15.0 Å². The molecule has 0 fully saturated rings. The number of nitrogens with two attached hydrogens (primary N) is 1. The van der Waals surface area contributed by atoms with Crippen LogP contribution in [0.4, 0.5) is 0 Å². The quantitative estimate of drug-likeness (QED) is 0.788. The molecule has 0 amide bonds. The van der Waals surface area contributed by atoms with E-state index >= 15 is 0 Å². The Morgan fingerprint density at radius 1 is 1.20 bits per heavy atom. The molecule has 1 unspecified atom stereocenters. The molecule has 3 rings (SSSR count). The number of nitrogens with zero attached hydrogens (tertiary/aromatic N) is 2. The highest BCUT2D eigenvalue weighted by molar-refractivity contribution is 5.83. The topological polar surface area (TPSA) is 74.2 Å². The van der Waals surface area contributed by atoms with Gasteiger partial charge in [-0.15, -0.1) is 0 Å². The van der Waals surface area contributed by atoms with Gasteiger partial charge in [-0.2, -0.15) is 4.98 Å². The lowest BCUT2D eigenvalue weighted by Crippen LogP contribution is -2.05. The van der Waals surface area contributed by atoms with Crippen molar-refractivity contribution in [2.45, 2.75) is 19.6 Å². The molecule has 1 aromatic heterocycles. The second-order valence-electron chi connectivity index (χ2n) is 4.64. The van der Waals surface area contributed by atoms with E-state index in [0.717, 1.165) is 11.1 Å². The maximum atomic E-state index is 5.67. The maximum absolute atomic E-state index is 5.67. The average Bonchev–Trinajstić information content (AvgIpc) is 2.94. The van der Waals surface area contributed by atoms with Gasteiger partial charge in [-0.25, -0.2) is 0 Å². The summed E-state index contributed by atoms with van der Waals surface area (Å²) < 4.78 is 10.7. The summed E-state index contributed by atoms with van der Waals surface area (Å²) in [5, 5.41) is 6.14. The third kappa shape index (κ3) is 2.62. The van der Waals surface area contributed by atoms with Crippen molar-refractivity contribution in [2.24, 2.45) is 5.73 Å². The first-order valence-electron chi connectivity index (χ1n) is 6.42. The normalized spacial score (nSPS) is 12.5. The highest BCUT2D eigenvalue weighted by Crippen LogP contribution is 2.21. The molecule has 1 heterocycles. The first-order chi connectivity index (χ1) is 9.72. The van der Waals surface area contributed by atoms with E-state index < -0.39 is 0 Å². The monoisotopic (exact) mass is 269 g/mol. The van der Waals surface area contributed by atoms with Crippen molar-refractivity contribution in [3.8, 4) is 5.75 Å². The second-order valence-corrected chi connectivity index (χ2v) is 4.64. The van der Waals surface area contributed by atoms with Crippen LogP contribution in [-0.4, -0.2) is 10.1 Å². The van der Waals surface area contributed by atoms with E-state index in [1.165, 1.54) is 5.39 Å². The van der Waals surface area contributed by atoms with Gasteiger partial charge in [-0.05, 0) is 29.8 Å². The Labute approximate surface area is 116 Å². The summed E-state index contributed by atoms with van der Waals surface area (Å²) in [5.41, 5.74) is 5.66. The minimum Gasteiger partial charge on any atom is -0.485 e.